The number of rotatable bonds is 9. The average molecular weight is 409 g/mol. The molecule has 0 aliphatic carbocycles. The van der Waals surface area contributed by atoms with Gasteiger partial charge in [-0.1, -0.05) is 0 Å². The number of hydrogen-bond acceptors (Lipinski definition) is 11. The summed E-state index contributed by atoms with van der Waals surface area (Å²) in [6, 6.07) is 3.90. The Morgan fingerprint density at radius 2 is 1.90 bits per heavy atom. The van der Waals surface area contributed by atoms with E-state index in [1.54, 1.807) is 0 Å². The van der Waals surface area contributed by atoms with Crippen molar-refractivity contribution in [1.82, 2.24) is 5.43 Å². The molecule has 0 saturated heterocycles. The Bertz CT molecular complexity index is 999. The van der Waals surface area contributed by atoms with E-state index in [1.807, 2.05) is 5.43 Å². The first-order valence-electron chi connectivity index (χ1n) is 7.42. The van der Waals surface area contributed by atoms with E-state index in [4.69, 9.17) is 13.9 Å². The molecule has 15 heteroatoms. The number of non-ortho nitro benzene ring substituents is 1. The van der Waals surface area contributed by atoms with E-state index >= 15 is 0 Å². The number of furan rings is 1. The lowest BCUT2D eigenvalue weighted by Crippen LogP contribution is -2.25. The van der Waals surface area contributed by atoms with Crippen LogP contribution in [0.2, 0.25) is 0 Å². The second-order valence-corrected chi connectivity index (χ2v) is 5.03. The van der Waals surface area contributed by atoms with Gasteiger partial charge in [0, 0.05) is 0 Å². The van der Waals surface area contributed by atoms with Crippen LogP contribution >= 0.6 is 0 Å². The number of hydrogen-bond donors (Lipinski definition) is 1. The number of nitrogens with zero attached hydrogens (tertiary/aromatic N) is 4. The summed E-state index contributed by atoms with van der Waals surface area (Å²) in [5.41, 5.74) is 0.649. The molecule has 0 radical (unpaired) electrons. The highest BCUT2D eigenvalue weighted by Gasteiger charge is 2.27. The monoisotopic (exact) mass is 409 g/mol. The van der Waals surface area contributed by atoms with Crippen LogP contribution in [0.15, 0.2) is 33.8 Å². The van der Waals surface area contributed by atoms with E-state index in [1.165, 1.54) is 6.07 Å². The minimum absolute atomic E-state index is 0.00871. The molecule has 0 fully saturated rings. The van der Waals surface area contributed by atoms with Crippen LogP contribution in [0.1, 0.15) is 5.76 Å². The molecule has 0 atom stereocenters. The fourth-order valence-electron chi connectivity index (χ4n) is 1.96. The predicted octanol–water partition coefficient (Wildman–Crippen LogP) is 1.54. The van der Waals surface area contributed by atoms with Gasteiger partial charge in [-0.25, -0.2) is 5.43 Å². The third-order valence-electron chi connectivity index (χ3n) is 3.17. The van der Waals surface area contributed by atoms with Gasteiger partial charge in [0.05, 0.1) is 41.4 Å². The Morgan fingerprint density at radius 1 is 1.17 bits per heavy atom. The molecule has 29 heavy (non-hydrogen) atoms. The Labute approximate surface area is 160 Å². The van der Waals surface area contributed by atoms with Crippen LogP contribution in [0.25, 0.3) is 0 Å². The first kappa shape index (κ1) is 20.7. The minimum atomic E-state index is -0.926. The molecule has 0 bridgehead atoms. The Morgan fingerprint density at radius 3 is 2.45 bits per heavy atom. The second-order valence-electron chi connectivity index (χ2n) is 5.03. The van der Waals surface area contributed by atoms with Crippen molar-refractivity contribution in [2.75, 3.05) is 13.7 Å². The highest BCUT2D eigenvalue weighted by molar-refractivity contribution is 5.81. The van der Waals surface area contributed by atoms with Crippen molar-refractivity contribution >= 4 is 29.4 Å². The molecule has 0 saturated carbocycles. The highest BCUT2D eigenvalue weighted by Crippen LogP contribution is 2.40. The molecule has 2 rings (SSSR count). The van der Waals surface area contributed by atoms with Crippen molar-refractivity contribution in [2.45, 2.75) is 0 Å². The number of nitro benzene ring substituents is 2. The molecule has 1 N–H and O–H groups in total. The van der Waals surface area contributed by atoms with Crippen molar-refractivity contribution < 1.29 is 33.5 Å². The maximum absolute atomic E-state index is 11.8. The van der Waals surface area contributed by atoms with Gasteiger partial charge in [-0.05, 0) is 6.07 Å². The molecule has 1 amide bonds. The molecule has 1 aromatic carbocycles. The lowest BCUT2D eigenvalue weighted by molar-refractivity contribution is -0.402. The lowest BCUT2D eigenvalue weighted by Gasteiger charge is -2.10. The fraction of sp³-hybridized carbons (Fsp3) is 0.143. The Kier molecular flexibility index (Phi) is 6.36. The lowest BCUT2D eigenvalue weighted by atomic mass is 10.2. The van der Waals surface area contributed by atoms with E-state index in [0.717, 1.165) is 25.5 Å². The number of ether oxygens (including phenoxy) is 2. The zero-order valence-electron chi connectivity index (χ0n) is 14.5. The van der Waals surface area contributed by atoms with Crippen molar-refractivity contribution in [3.05, 3.63) is 60.4 Å². The molecule has 152 valence electrons. The van der Waals surface area contributed by atoms with Gasteiger partial charge in [-0.2, -0.15) is 5.10 Å². The number of hydrazone groups is 1. The molecular weight excluding hydrogens is 398 g/mol. The van der Waals surface area contributed by atoms with Crippen LogP contribution in [-0.4, -0.2) is 40.6 Å². The minimum Gasteiger partial charge on any atom is -0.492 e. The van der Waals surface area contributed by atoms with Gasteiger partial charge < -0.3 is 13.9 Å². The first-order valence-corrected chi connectivity index (χ1v) is 7.42. The summed E-state index contributed by atoms with van der Waals surface area (Å²) < 4.78 is 14.7. The van der Waals surface area contributed by atoms with Crippen LogP contribution in [0.3, 0.4) is 0 Å². The smallest absolute Gasteiger partial charge is 0.433 e. The predicted molar refractivity (Wildman–Crippen MR) is 92.9 cm³/mol. The number of carbonyl (C=O) groups is 1. The van der Waals surface area contributed by atoms with Crippen LogP contribution in [0, 0.1) is 30.3 Å². The molecule has 1 heterocycles. The standard InChI is InChI=1S/C14H11N5O10/c1-27-11-5-8(17(21)22)4-10(18(23)24)14(11)28-7-12(20)16-15-6-9-2-3-13(29-9)19(25)26/h2-6H,7H2,1H3,(H,16,20)/b15-6+. The van der Waals surface area contributed by atoms with Crippen molar-refractivity contribution in [3.8, 4) is 11.5 Å². The zero-order valence-corrected chi connectivity index (χ0v) is 14.5. The topological polar surface area (TPSA) is 202 Å². The normalized spacial score (nSPS) is 10.5. The quantitative estimate of drug-likeness (QED) is 0.359. The third-order valence-corrected chi connectivity index (χ3v) is 3.17. The molecular formula is C14H11N5O10. The van der Waals surface area contributed by atoms with Crippen LogP contribution in [-0.2, 0) is 4.79 Å². The molecule has 15 nitrogen and oxygen atoms in total. The molecule has 0 unspecified atom stereocenters. The van der Waals surface area contributed by atoms with Crippen LogP contribution < -0.4 is 14.9 Å². The van der Waals surface area contributed by atoms with Crippen LogP contribution in [0.5, 0.6) is 11.5 Å². The van der Waals surface area contributed by atoms with Gasteiger partial charge in [0.15, 0.2) is 18.1 Å². The van der Waals surface area contributed by atoms with E-state index < -0.39 is 50.3 Å². The first-order chi connectivity index (χ1) is 13.7. The van der Waals surface area contributed by atoms with Gasteiger partial charge >= 0.3 is 11.6 Å². The summed E-state index contributed by atoms with van der Waals surface area (Å²) >= 11 is 0. The van der Waals surface area contributed by atoms with Crippen molar-refractivity contribution in [1.29, 1.82) is 0 Å². The number of amides is 1. The summed E-state index contributed by atoms with van der Waals surface area (Å²) in [4.78, 5) is 41.7. The van der Waals surface area contributed by atoms with Gasteiger partial charge in [-0.15, -0.1) is 0 Å². The Balaban J connectivity index is 2.07. The van der Waals surface area contributed by atoms with E-state index in [0.29, 0.717) is 6.07 Å². The van der Waals surface area contributed by atoms with Gasteiger partial charge in [0.25, 0.3) is 11.6 Å². The SMILES string of the molecule is COc1cc([N+](=O)[O-])cc([N+](=O)[O-])c1OCC(=O)N/N=C/c1ccc([N+](=O)[O-])o1. The van der Waals surface area contributed by atoms with Crippen molar-refractivity contribution in [3.63, 3.8) is 0 Å². The van der Waals surface area contributed by atoms with Gasteiger partial charge in [-0.3, -0.25) is 35.1 Å². The molecule has 0 spiro atoms. The maximum Gasteiger partial charge on any atom is 0.433 e. The number of carbonyl (C=O) groups excluding carboxylic acids is 1. The summed E-state index contributed by atoms with van der Waals surface area (Å²) in [5.74, 6) is -2.17. The largest absolute Gasteiger partial charge is 0.492 e. The molecule has 0 aliphatic rings. The second kappa shape index (κ2) is 8.89. The Hall–Kier alpha value is -4.56. The molecule has 1 aromatic heterocycles. The maximum atomic E-state index is 11.8. The number of benzene rings is 1. The van der Waals surface area contributed by atoms with Gasteiger partial charge in [0.1, 0.15) is 4.92 Å². The number of nitrogens with one attached hydrogen (secondary N) is 1. The van der Waals surface area contributed by atoms with Gasteiger partial charge in [0.2, 0.25) is 5.75 Å². The average Bonchev–Trinajstić information content (AvgIpc) is 3.14. The van der Waals surface area contributed by atoms with E-state index in [2.05, 4.69) is 5.10 Å². The van der Waals surface area contributed by atoms with Crippen LogP contribution in [0.4, 0.5) is 17.3 Å². The summed E-state index contributed by atoms with van der Waals surface area (Å²) in [6.45, 7) is -0.745. The fourth-order valence-corrected chi connectivity index (χ4v) is 1.96. The third kappa shape index (κ3) is 5.22. The summed E-state index contributed by atoms with van der Waals surface area (Å²) in [7, 11) is 1.11. The van der Waals surface area contributed by atoms with E-state index in [-0.39, 0.29) is 11.5 Å². The van der Waals surface area contributed by atoms with E-state index in [9.17, 15) is 35.1 Å². The highest BCUT2D eigenvalue weighted by atomic mass is 16.7. The zero-order chi connectivity index (χ0) is 21.6. The number of nitro groups is 3. The van der Waals surface area contributed by atoms with Crippen molar-refractivity contribution in [2.24, 2.45) is 5.10 Å². The summed E-state index contributed by atoms with van der Waals surface area (Å²) in [6.07, 6.45) is 0.986. The molecule has 0 aliphatic heterocycles. The molecule has 2 aromatic rings. The summed E-state index contributed by atoms with van der Waals surface area (Å²) in [5, 5.41) is 36.0. The number of methoxy groups -OCH3 is 1.